The van der Waals surface area contributed by atoms with Gasteiger partial charge in [-0.1, -0.05) is 6.07 Å². The van der Waals surface area contributed by atoms with Gasteiger partial charge in [0.15, 0.2) is 0 Å². The van der Waals surface area contributed by atoms with Crippen molar-refractivity contribution in [1.29, 1.82) is 0 Å². The summed E-state index contributed by atoms with van der Waals surface area (Å²) in [6.45, 7) is 4.81. The molecule has 0 unspecified atom stereocenters. The second-order valence-corrected chi connectivity index (χ2v) is 7.29. The minimum absolute atomic E-state index is 0.0223. The van der Waals surface area contributed by atoms with Crippen LogP contribution in [0.15, 0.2) is 18.2 Å². The van der Waals surface area contributed by atoms with Gasteiger partial charge in [0.25, 0.3) is 0 Å². The van der Waals surface area contributed by atoms with Crippen LogP contribution in [0.25, 0.3) is 0 Å². The predicted molar refractivity (Wildman–Crippen MR) is 102 cm³/mol. The molecule has 3 rings (SSSR count). The minimum Gasteiger partial charge on any atom is -0.497 e. The Morgan fingerprint density at radius 3 is 3.07 bits per heavy atom. The quantitative estimate of drug-likeness (QED) is 0.814. The van der Waals surface area contributed by atoms with Crippen LogP contribution in [0.2, 0.25) is 0 Å². The van der Waals surface area contributed by atoms with Gasteiger partial charge in [-0.15, -0.1) is 0 Å². The van der Waals surface area contributed by atoms with E-state index in [1.165, 1.54) is 0 Å². The van der Waals surface area contributed by atoms with Crippen molar-refractivity contribution in [2.75, 3.05) is 26.7 Å². The lowest BCUT2D eigenvalue weighted by atomic mass is 10.1. The van der Waals surface area contributed by atoms with Crippen molar-refractivity contribution < 1.29 is 19.1 Å². The third kappa shape index (κ3) is 5.35. The molecule has 2 aliphatic rings. The van der Waals surface area contributed by atoms with Gasteiger partial charge in [0.05, 0.1) is 7.11 Å². The van der Waals surface area contributed by atoms with E-state index in [1.807, 2.05) is 25.1 Å². The van der Waals surface area contributed by atoms with Crippen LogP contribution in [0.5, 0.6) is 11.5 Å². The Morgan fingerprint density at radius 2 is 2.26 bits per heavy atom. The molecular formula is C20H29N3O4. The van der Waals surface area contributed by atoms with E-state index < -0.39 is 6.04 Å². The number of nitrogens with one attached hydrogen (secondary N) is 2. The third-order valence-corrected chi connectivity index (χ3v) is 5.04. The lowest BCUT2D eigenvalue weighted by Gasteiger charge is -2.22. The lowest BCUT2D eigenvalue weighted by Crippen LogP contribution is -2.46. The number of fused-ring (bicyclic) bond motifs is 1. The van der Waals surface area contributed by atoms with Gasteiger partial charge in [-0.3, -0.25) is 14.5 Å². The van der Waals surface area contributed by atoms with Crippen molar-refractivity contribution in [3.05, 3.63) is 23.8 Å². The van der Waals surface area contributed by atoms with Gasteiger partial charge >= 0.3 is 0 Å². The Labute approximate surface area is 160 Å². The van der Waals surface area contributed by atoms with Gasteiger partial charge in [0.1, 0.15) is 23.6 Å². The highest BCUT2D eigenvalue weighted by molar-refractivity contribution is 5.87. The normalized spacial score (nSPS) is 23.3. The molecule has 7 heteroatoms. The summed E-state index contributed by atoms with van der Waals surface area (Å²) in [6.07, 6.45) is 3.01. The Balaban J connectivity index is 1.55. The van der Waals surface area contributed by atoms with Crippen molar-refractivity contribution in [2.24, 2.45) is 0 Å². The molecule has 1 aromatic rings. The third-order valence-electron chi connectivity index (χ3n) is 5.04. The Morgan fingerprint density at radius 1 is 1.41 bits per heavy atom. The van der Waals surface area contributed by atoms with Crippen molar-refractivity contribution in [1.82, 2.24) is 15.5 Å². The van der Waals surface area contributed by atoms with Crippen LogP contribution in [-0.2, 0) is 16.1 Å². The van der Waals surface area contributed by atoms with Crippen molar-refractivity contribution in [3.63, 3.8) is 0 Å². The molecule has 148 valence electrons. The van der Waals surface area contributed by atoms with E-state index in [0.29, 0.717) is 25.9 Å². The summed E-state index contributed by atoms with van der Waals surface area (Å²) >= 11 is 0. The minimum atomic E-state index is -0.403. The average molecular weight is 375 g/mol. The molecule has 2 aliphatic heterocycles. The van der Waals surface area contributed by atoms with E-state index in [9.17, 15) is 9.59 Å². The monoisotopic (exact) mass is 375 g/mol. The van der Waals surface area contributed by atoms with Gasteiger partial charge in [0.2, 0.25) is 11.8 Å². The van der Waals surface area contributed by atoms with Crippen LogP contribution in [0.4, 0.5) is 0 Å². The molecule has 2 atom stereocenters. The maximum Gasteiger partial charge on any atom is 0.242 e. The molecule has 0 bridgehead atoms. The first-order valence-corrected chi connectivity index (χ1v) is 9.68. The molecule has 0 aromatic heterocycles. The van der Waals surface area contributed by atoms with E-state index in [4.69, 9.17) is 9.47 Å². The average Bonchev–Trinajstić information content (AvgIpc) is 2.94. The number of methoxy groups -OCH3 is 1. The Hall–Kier alpha value is -2.28. The lowest BCUT2D eigenvalue weighted by molar-refractivity contribution is -0.129. The highest BCUT2D eigenvalue weighted by atomic mass is 16.5. The Bertz CT molecular complexity index is 679. The fourth-order valence-corrected chi connectivity index (χ4v) is 3.60. The molecule has 1 aromatic carbocycles. The molecule has 1 saturated heterocycles. The number of ether oxygens (including phenoxy) is 2. The SMILES string of the molecule is COc1ccc2c(c1)O[C@H](C)CN(CCC(=O)N[C@H]1CCCCNC1=O)C2. The molecule has 1 fully saturated rings. The Kier molecular flexibility index (Phi) is 6.55. The first-order chi connectivity index (χ1) is 13.0. The van der Waals surface area contributed by atoms with E-state index in [0.717, 1.165) is 43.0 Å². The van der Waals surface area contributed by atoms with Crippen LogP contribution < -0.4 is 20.1 Å². The zero-order valence-corrected chi connectivity index (χ0v) is 16.1. The highest BCUT2D eigenvalue weighted by Crippen LogP contribution is 2.29. The van der Waals surface area contributed by atoms with E-state index in [2.05, 4.69) is 15.5 Å². The van der Waals surface area contributed by atoms with Crippen molar-refractivity contribution >= 4 is 11.8 Å². The van der Waals surface area contributed by atoms with Gasteiger partial charge in [-0.2, -0.15) is 0 Å². The summed E-state index contributed by atoms with van der Waals surface area (Å²) in [5, 5.41) is 5.73. The number of rotatable bonds is 5. The van der Waals surface area contributed by atoms with E-state index in [1.54, 1.807) is 7.11 Å². The predicted octanol–water partition coefficient (Wildman–Crippen LogP) is 1.45. The number of benzene rings is 1. The second kappa shape index (κ2) is 9.08. The summed E-state index contributed by atoms with van der Waals surface area (Å²) in [7, 11) is 1.64. The van der Waals surface area contributed by atoms with Gasteiger partial charge in [-0.05, 0) is 32.3 Å². The molecule has 0 radical (unpaired) electrons. The number of carbonyl (C=O) groups is 2. The standard InChI is InChI=1S/C20H29N3O4/c1-14-12-23(13-15-6-7-16(26-2)11-18(15)27-14)10-8-19(24)22-17-5-3-4-9-21-20(17)25/h6-7,11,14,17H,3-5,8-10,12-13H2,1-2H3,(H,21,25)(H,22,24)/t14-,17+/m1/s1. The van der Waals surface area contributed by atoms with Crippen LogP contribution in [0.3, 0.4) is 0 Å². The number of hydrogen-bond donors (Lipinski definition) is 2. The zero-order chi connectivity index (χ0) is 19.2. The number of hydrogen-bond acceptors (Lipinski definition) is 5. The van der Waals surface area contributed by atoms with Crippen LogP contribution in [0.1, 0.15) is 38.2 Å². The summed E-state index contributed by atoms with van der Waals surface area (Å²) < 4.78 is 11.3. The highest BCUT2D eigenvalue weighted by Gasteiger charge is 2.24. The maximum atomic E-state index is 12.3. The molecular weight excluding hydrogens is 346 g/mol. The maximum absolute atomic E-state index is 12.3. The number of carbonyl (C=O) groups excluding carboxylic acids is 2. The van der Waals surface area contributed by atoms with E-state index >= 15 is 0 Å². The number of amides is 2. The van der Waals surface area contributed by atoms with Gasteiger partial charge in [0, 0.05) is 44.2 Å². The second-order valence-electron chi connectivity index (χ2n) is 7.29. The van der Waals surface area contributed by atoms with E-state index in [-0.39, 0.29) is 17.9 Å². The number of nitrogens with zero attached hydrogens (tertiary/aromatic N) is 1. The fourth-order valence-electron chi connectivity index (χ4n) is 3.60. The summed E-state index contributed by atoms with van der Waals surface area (Å²) in [6, 6.07) is 5.44. The summed E-state index contributed by atoms with van der Waals surface area (Å²) in [5.41, 5.74) is 1.09. The van der Waals surface area contributed by atoms with Crippen molar-refractivity contribution in [2.45, 2.75) is 51.3 Å². The molecule has 0 aliphatic carbocycles. The van der Waals surface area contributed by atoms with Gasteiger partial charge < -0.3 is 20.1 Å². The molecule has 2 amide bonds. The molecule has 0 saturated carbocycles. The smallest absolute Gasteiger partial charge is 0.242 e. The molecule has 0 spiro atoms. The zero-order valence-electron chi connectivity index (χ0n) is 16.1. The largest absolute Gasteiger partial charge is 0.497 e. The summed E-state index contributed by atoms with van der Waals surface area (Å²) in [4.78, 5) is 26.5. The van der Waals surface area contributed by atoms with Crippen LogP contribution >= 0.6 is 0 Å². The van der Waals surface area contributed by atoms with Crippen LogP contribution in [-0.4, -0.2) is 55.6 Å². The first-order valence-electron chi connectivity index (χ1n) is 9.68. The molecule has 2 N–H and O–H groups in total. The molecule has 7 nitrogen and oxygen atoms in total. The topological polar surface area (TPSA) is 79.9 Å². The fraction of sp³-hybridized carbons (Fsp3) is 0.600. The molecule has 27 heavy (non-hydrogen) atoms. The summed E-state index contributed by atoms with van der Waals surface area (Å²) in [5.74, 6) is 1.46. The molecule has 2 heterocycles. The van der Waals surface area contributed by atoms with Gasteiger partial charge in [-0.25, -0.2) is 0 Å². The van der Waals surface area contributed by atoms with Crippen molar-refractivity contribution in [3.8, 4) is 11.5 Å². The van der Waals surface area contributed by atoms with Crippen LogP contribution in [0, 0.1) is 0 Å². The first kappa shape index (κ1) is 19.5.